The summed E-state index contributed by atoms with van der Waals surface area (Å²) in [6.45, 7) is 3.85. The first kappa shape index (κ1) is 11.7. The normalized spacial score (nSPS) is 12.5. The first-order valence-corrected chi connectivity index (χ1v) is 5.12. The van der Waals surface area contributed by atoms with Crippen molar-refractivity contribution in [3.63, 3.8) is 0 Å². The molecule has 1 heterocycles. The van der Waals surface area contributed by atoms with E-state index in [4.69, 9.17) is 10.2 Å². The van der Waals surface area contributed by atoms with Crippen molar-refractivity contribution < 1.29 is 9.21 Å². The standard InChI is InChI=1S/C10H17N3O2/c1-3-4-5-8(11)9(14)13-10-12-7(2)6-15-10/h6,8H,3-5,11H2,1-2H3,(H,12,13,14)/t8-/m0/s1. The molecule has 0 saturated heterocycles. The zero-order valence-electron chi connectivity index (χ0n) is 9.12. The highest BCUT2D eigenvalue weighted by molar-refractivity contribution is 5.92. The minimum atomic E-state index is -0.489. The second kappa shape index (κ2) is 5.50. The van der Waals surface area contributed by atoms with Gasteiger partial charge in [-0.25, -0.2) is 0 Å². The van der Waals surface area contributed by atoms with Crippen molar-refractivity contribution in [3.05, 3.63) is 12.0 Å². The van der Waals surface area contributed by atoms with E-state index in [1.807, 2.05) is 0 Å². The number of nitrogens with one attached hydrogen (secondary N) is 1. The summed E-state index contributed by atoms with van der Waals surface area (Å²) in [5.74, 6) is -0.245. The molecule has 1 aromatic rings. The molecule has 5 nitrogen and oxygen atoms in total. The monoisotopic (exact) mass is 211 g/mol. The van der Waals surface area contributed by atoms with Crippen molar-refractivity contribution in [1.82, 2.24) is 4.98 Å². The Morgan fingerprint density at radius 3 is 3.00 bits per heavy atom. The Hall–Kier alpha value is -1.36. The number of amides is 1. The fourth-order valence-corrected chi connectivity index (χ4v) is 1.16. The van der Waals surface area contributed by atoms with Crippen LogP contribution in [0.3, 0.4) is 0 Å². The summed E-state index contributed by atoms with van der Waals surface area (Å²) in [5.41, 5.74) is 6.41. The minimum Gasteiger partial charge on any atom is -0.432 e. The average Bonchev–Trinajstić information content (AvgIpc) is 2.60. The molecule has 0 fully saturated rings. The number of oxazole rings is 1. The molecule has 1 aromatic heterocycles. The van der Waals surface area contributed by atoms with Crippen LogP contribution in [0.2, 0.25) is 0 Å². The van der Waals surface area contributed by atoms with Gasteiger partial charge in [0, 0.05) is 0 Å². The van der Waals surface area contributed by atoms with Crippen molar-refractivity contribution in [3.8, 4) is 0 Å². The molecule has 5 heteroatoms. The summed E-state index contributed by atoms with van der Waals surface area (Å²) < 4.78 is 4.99. The zero-order valence-corrected chi connectivity index (χ0v) is 9.12. The fourth-order valence-electron chi connectivity index (χ4n) is 1.16. The molecule has 0 bridgehead atoms. The highest BCUT2D eigenvalue weighted by Gasteiger charge is 2.14. The summed E-state index contributed by atoms with van der Waals surface area (Å²) in [6, 6.07) is -0.276. The topological polar surface area (TPSA) is 81.2 Å². The van der Waals surface area contributed by atoms with E-state index in [2.05, 4.69) is 17.2 Å². The summed E-state index contributed by atoms with van der Waals surface area (Å²) >= 11 is 0. The lowest BCUT2D eigenvalue weighted by molar-refractivity contribution is -0.117. The van der Waals surface area contributed by atoms with E-state index in [1.165, 1.54) is 6.26 Å². The Balaban J connectivity index is 2.41. The number of nitrogens with zero attached hydrogens (tertiary/aromatic N) is 1. The second-order valence-electron chi connectivity index (χ2n) is 3.53. The molecule has 1 amide bonds. The van der Waals surface area contributed by atoms with Crippen LogP contribution in [0.25, 0.3) is 0 Å². The number of carbonyl (C=O) groups is 1. The van der Waals surface area contributed by atoms with Gasteiger partial charge in [0.2, 0.25) is 5.91 Å². The van der Waals surface area contributed by atoms with Gasteiger partial charge in [0.1, 0.15) is 6.26 Å². The van der Waals surface area contributed by atoms with Crippen LogP contribution in [0.4, 0.5) is 6.01 Å². The van der Waals surface area contributed by atoms with Crippen LogP contribution < -0.4 is 11.1 Å². The number of aryl methyl sites for hydroxylation is 1. The minimum absolute atomic E-state index is 0.212. The molecular weight excluding hydrogens is 194 g/mol. The van der Waals surface area contributed by atoms with Gasteiger partial charge in [0.25, 0.3) is 0 Å². The van der Waals surface area contributed by atoms with E-state index in [9.17, 15) is 4.79 Å². The van der Waals surface area contributed by atoms with Crippen LogP contribution >= 0.6 is 0 Å². The molecule has 0 aliphatic heterocycles. The van der Waals surface area contributed by atoms with Crippen molar-refractivity contribution in [2.24, 2.45) is 5.73 Å². The summed E-state index contributed by atoms with van der Waals surface area (Å²) in [5, 5.41) is 2.53. The van der Waals surface area contributed by atoms with E-state index in [0.29, 0.717) is 6.42 Å². The molecule has 0 unspecified atom stereocenters. The van der Waals surface area contributed by atoms with Gasteiger partial charge in [-0.15, -0.1) is 0 Å². The second-order valence-corrected chi connectivity index (χ2v) is 3.53. The van der Waals surface area contributed by atoms with Crippen LogP contribution in [0.5, 0.6) is 0 Å². The highest BCUT2D eigenvalue weighted by atomic mass is 16.4. The molecule has 0 spiro atoms. The van der Waals surface area contributed by atoms with E-state index in [0.717, 1.165) is 18.5 Å². The lowest BCUT2D eigenvalue weighted by Crippen LogP contribution is -2.35. The van der Waals surface area contributed by atoms with E-state index in [1.54, 1.807) is 6.92 Å². The molecule has 15 heavy (non-hydrogen) atoms. The smallest absolute Gasteiger partial charge is 0.301 e. The molecule has 0 aliphatic carbocycles. The van der Waals surface area contributed by atoms with Gasteiger partial charge in [-0.05, 0) is 13.3 Å². The molecule has 1 rings (SSSR count). The van der Waals surface area contributed by atoms with Crippen LogP contribution in [-0.2, 0) is 4.79 Å². The van der Waals surface area contributed by atoms with Gasteiger partial charge < -0.3 is 10.2 Å². The molecule has 3 N–H and O–H groups in total. The SMILES string of the molecule is CCCC[C@H](N)C(=O)Nc1nc(C)co1. The lowest BCUT2D eigenvalue weighted by atomic mass is 10.1. The van der Waals surface area contributed by atoms with Gasteiger partial charge in [0.05, 0.1) is 11.7 Å². The Bertz CT molecular complexity index is 322. The molecular formula is C10H17N3O2. The fraction of sp³-hybridized carbons (Fsp3) is 0.600. The molecule has 84 valence electrons. The number of aromatic nitrogens is 1. The van der Waals surface area contributed by atoms with Crippen molar-refractivity contribution in [2.75, 3.05) is 5.32 Å². The van der Waals surface area contributed by atoms with Gasteiger partial charge in [0.15, 0.2) is 0 Å². The first-order chi connectivity index (χ1) is 7.13. The number of rotatable bonds is 5. The van der Waals surface area contributed by atoms with Crippen molar-refractivity contribution >= 4 is 11.9 Å². The molecule has 0 radical (unpaired) electrons. The van der Waals surface area contributed by atoms with E-state index >= 15 is 0 Å². The number of unbranched alkanes of at least 4 members (excludes halogenated alkanes) is 1. The quantitative estimate of drug-likeness (QED) is 0.772. The number of carbonyl (C=O) groups excluding carboxylic acids is 1. The summed E-state index contributed by atoms with van der Waals surface area (Å²) in [6.07, 6.45) is 4.13. The number of hydrogen-bond donors (Lipinski definition) is 2. The maximum absolute atomic E-state index is 11.5. The molecule has 1 atom stereocenters. The van der Waals surface area contributed by atoms with Crippen LogP contribution in [0.1, 0.15) is 31.9 Å². The number of hydrogen-bond acceptors (Lipinski definition) is 4. The first-order valence-electron chi connectivity index (χ1n) is 5.12. The molecule has 0 aromatic carbocycles. The Morgan fingerprint density at radius 2 is 2.47 bits per heavy atom. The van der Waals surface area contributed by atoms with Crippen LogP contribution in [0, 0.1) is 6.92 Å². The van der Waals surface area contributed by atoms with Crippen molar-refractivity contribution in [2.45, 2.75) is 39.2 Å². The lowest BCUT2D eigenvalue weighted by Gasteiger charge is -2.08. The Morgan fingerprint density at radius 1 is 1.73 bits per heavy atom. The van der Waals surface area contributed by atoms with Crippen LogP contribution in [-0.4, -0.2) is 16.9 Å². The molecule has 0 aliphatic rings. The number of anilines is 1. The third-order valence-corrected chi connectivity index (χ3v) is 2.05. The number of nitrogens with two attached hydrogens (primary N) is 1. The van der Waals surface area contributed by atoms with Crippen LogP contribution in [0.15, 0.2) is 10.7 Å². The predicted octanol–water partition coefficient (Wildman–Crippen LogP) is 1.44. The van der Waals surface area contributed by atoms with Gasteiger partial charge in [-0.2, -0.15) is 4.98 Å². The van der Waals surface area contributed by atoms with E-state index in [-0.39, 0.29) is 11.9 Å². The third kappa shape index (κ3) is 3.71. The van der Waals surface area contributed by atoms with Crippen molar-refractivity contribution in [1.29, 1.82) is 0 Å². The van der Waals surface area contributed by atoms with Gasteiger partial charge in [-0.3, -0.25) is 10.1 Å². The van der Waals surface area contributed by atoms with Gasteiger partial charge in [-0.1, -0.05) is 19.8 Å². The largest absolute Gasteiger partial charge is 0.432 e. The van der Waals surface area contributed by atoms with Gasteiger partial charge >= 0.3 is 6.01 Å². The molecule has 0 saturated carbocycles. The predicted molar refractivity (Wildman–Crippen MR) is 57.4 cm³/mol. The Labute approximate surface area is 89.1 Å². The zero-order chi connectivity index (χ0) is 11.3. The summed E-state index contributed by atoms with van der Waals surface area (Å²) in [7, 11) is 0. The Kier molecular flexibility index (Phi) is 4.30. The van der Waals surface area contributed by atoms with E-state index < -0.39 is 6.04 Å². The maximum Gasteiger partial charge on any atom is 0.301 e. The summed E-state index contributed by atoms with van der Waals surface area (Å²) in [4.78, 5) is 15.5. The average molecular weight is 211 g/mol. The third-order valence-electron chi connectivity index (χ3n) is 2.05. The highest BCUT2D eigenvalue weighted by Crippen LogP contribution is 2.07. The maximum atomic E-state index is 11.5.